The first-order chi connectivity index (χ1) is 29.2. The summed E-state index contributed by atoms with van der Waals surface area (Å²) in [5.41, 5.74) is 14.1. The van der Waals surface area contributed by atoms with Gasteiger partial charge in [0.2, 0.25) is 0 Å². The monoisotopic (exact) mass is 768 g/mol. The highest BCUT2D eigenvalue weighted by molar-refractivity contribution is 7.25. The Morgan fingerprint density at radius 2 is 0.746 bits per heavy atom. The smallest absolute Gasteiger partial charge is 0.160 e. The lowest BCUT2D eigenvalue weighted by atomic mass is 9.93. The quantitative estimate of drug-likeness (QED) is 0.161. The molecule has 9 aromatic carbocycles. The molecule has 11 rings (SSSR count). The van der Waals surface area contributed by atoms with Crippen LogP contribution in [0.3, 0.4) is 0 Å². The maximum atomic E-state index is 5.32. The molecule has 0 spiro atoms. The van der Waals surface area contributed by atoms with Gasteiger partial charge >= 0.3 is 0 Å². The number of hydrogen-bond donors (Lipinski definition) is 0. The zero-order chi connectivity index (χ0) is 39.1. The first kappa shape index (κ1) is 34.8. The summed E-state index contributed by atoms with van der Waals surface area (Å²) in [6.07, 6.45) is 0. The van der Waals surface area contributed by atoms with Gasteiger partial charge in [0.25, 0.3) is 0 Å². The van der Waals surface area contributed by atoms with Crippen molar-refractivity contribution >= 4 is 42.3 Å². The van der Waals surface area contributed by atoms with Crippen LogP contribution in [0.15, 0.2) is 218 Å². The average Bonchev–Trinajstić information content (AvgIpc) is 3.70. The van der Waals surface area contributed by atoms with Crippen molar-refractivity contribution in [1.82, 2.24) is 9.97 Å². The molecule has 276 valence electrons. The molecular weight excluding hydrogens is 733 g/mol. The van der Waals surface area contributed by atoms with Crippen molar-refractivity contribution in [3.63, 3.8) is 0 Å². The fourth-order valence-electron chi connectivity index (χ4n) is 8.21. The topological polar surface area (TPSA) is 25.8 Å². The fraction of sp³-hybridized carbons (Fsp3) is 0. The number of benzene rings is 9. The predicted molar refractivity (Wildman–Crippen MR) is 250 cm³/mol. The largest absolute Gasteiger partial charge is 0.228 e. The van der Waals surface area contributed by atoms with Gasteiger partial charge in [-0.25, -0.2) is 9.97 Å². The Kier molecular flexibility index (Phi) is 8.72. The highest BCUT2D eigenvalue weighted by atomic mass is 32.1. The molecule has 0 aliphatic carbocycles. The van der Waals surface area contributed by atoms with Crippen molar-refractivity contribution in [2.24, 2.45) is 0 Å². The van der Waals surface area contributed by atoms with Crippen LogP contribution in [0.2, 0.25) is 0 Å². The van der Waals surface area contributed by atoms with E-state index in [4.69, 9.17) is 9.97 Å². The molecule has 2 nitrogen and oxygen atoms in total. The summed E-state index contributed by atoms with van der Waals surface area (Å²) in [5.74, 6) is 0.693. The first-order valence-electron chi connectivity index (χ1n) is 20.0. The molecule has 0 amide bonds. The first-order valence-corrected chi connectivity index (χ1v) is 20.8. The summed E-state index contributed by atoms with van der Waals surface area (Å²) in [6, 6.07) is 78.3. The van der Waals surface area contributed by atoms with Crippen molar-refractivity contribution < 1.29 is 0 Å². The zero-order valence-corrected chi connectivity index (χ0v) is 32.9. The molecule has 0 radical (unpaired) electrons. The Bertz CT molecular complexity index is 3330. The molecule has 59 heavy (non-hydrogen) atoms. The molecule has 0 N–H and O–H groups in total. The summed E-state index contributed by atoms with van der Waals surface area (Å²) in [5, 5.41) is 5.02. The summed E-state index contributed by atoms with van der Waals surface area (Å²) in [4.78, 5) is 10.6. The lowest BCUT2D eigenvalue weighted by Crippen LogP contribution is -1.97. The third kappa shape index (κ3) is 6.78. The minimum atomic E-state index is 0.693. The molecule has 0 aliphatic rings. The number of aromatic nitrogens is 2. The molecule has 0 bridgehead atoms. The molecule has 11 aromatic rings. The van der Waals surface area contributed by atoms with Gasteiger partial charge in [0.05, 0.1) is 11.4 Å². The molecule has 0 atom stereocenters. The van der Waals surface area contributed by atoms with Gasteiger partial charge in [0, 0.05) is 36.9 Å². The van der Waals surface area contributed by atoms with E-state index in [0.717, 1.165) is 55.9 Å². The number of fused-ring (bicyclic) bond motifs is 4. The van der Waals surface area contributed by atoms with E-state index >= 15 is 0 Å². The SMILES string of the molecule is c1ccc(-c2cccc(-c3cccc(-c4cc(-c5cc(-c6ccc7ccccc7c6)cc(-c6ccc7sc8ccccc8c7c6)c5)nc(-c5ccccc5)n4)c3)c2)cc1. The van der Waals surface area contributed by atoms with Gasteiger partial charge in [0.1, 0.15) is 0 Å². The maximum absolute atomic E-state index is 5.32. The predicted octanol–water partition coefficient (Wildman–Crippen LogP) is 15.7. The third-order valence-corrected chi connectivity index (χ3v) is 12.4. The normalized spacial score (nSPS) is 11.4. The molecule has 3 heteroatoms. The molecule has 0 unspecified atom stereocenters. The molecule has 0 fully saturated rings. The Balaban J connectivity index is 1.09. The molecule has 0 saturated carbocycles. The summed E-state index contributed by atoms with van der Waals surface area (Å²) >= 11 is 1.85. The van der Waals surface area contributed by atoms with Gasteiger partial charge < -0.3 is 0 Å². The number of rotatable bonds is 7. The lowest BCUT2D eigenvalue weighted by Gasteiger charge is -2.14. The van der Waals surface area contributed by atoms with Crippen molar-refractivity contribution in [3.05, 3.63) is 218 Å². The molecule has 2 heterocycles. The maximum Gasteiger partial charge on any atom is 0.160 e. The number of thiophene rings is 1. The molecule has 0 aliphatic heterocycles. The van der Waals surface area contributed by atoms with Crippen molar-refractivity contribution in [3.8, 4) is 78.4 Å². The lowest BCUT2D eigenvalue weighted by molar-refractivity contribution is 1.18. The van der Waals surface area contributed by atoms with Crippen LogP contribution in [0, 0.1) is 0 Å². The Hall–Kier alpha value is -7.46. The minimum absolute atomic E-state index is 0.693. The van der Waals surface area contributed by atoms with Crippen LogP contribution in [0.1, 0.15) is 0 Å². The van der Waals surface area contributed by atoms with E-state index in [1.54, 1.807) is 0 Å². The molecular formula is C56H36N2S. The van der Waals surface area contributed by atoms with Crippen LogP contribution >= 0.6 is 11.3 Å². The summed E-state index contributed by atoms with van der Waals surface area (Å²) in [7, 11) is 0. The van der Waals surface area contributed by atoms with Gasteiger partial charge in [-0.1, -0.05) is 158 Å². The van der Waals surface area contributed by atoms with Crippen LogP contribution < -0.4 is 0 Å². The minimum Gasteiger partial charge on any atom is -0.228 e. The Morgan fingerprint density at radius 3 is 1.51 bits per heavy atom. The Labute approximate surface area is 347 Å². The Morgan fingerprint density at radius 1 is 0.254 bits per heavy atom. The van der Waals surface area contributed by atoms with Crippen LogP contribution in [0.5, 0.6) is 0 Å². The van der Waals surface area contributed by atoms with E-state index in [2.05, 4.69) is 200 Å². The standard InChI is InChI=1S/C56H36N2S/c1-3-13-37(14-4-1)41-19-11-20-42(29-41)43-21-12-22-46(31-43)52-36-53(58-56(57-52)39-16-5-2-6-17-39)49-33-47(44-26-25-38-15-7-8-18-40(38)30-44)32-48(34-49)45-27-28-55-51(35-45)50-23-9-10-24-54(50)59-55/h1-36H. The van der Waals surface area contributed by atoms with E-state index in [0.29, 0.717) is 5.82 Å². The second-order valence-corrected chi connectivity index (χ2v) is 16.1. The van der Waals surface area contributed by atoms with Crippen LogP contribution in [-0.4, -0.2) is 9.97 Å². The van der Waals surface area contributed by atoms with Crippen molar-refractivity contribution in [1.29, 1.82) is 0 Å². The van der Waals surface area contributed by atoms with E-state index in [1.165, 1.54) is 47.6 Å². The van der Waals surface area contributed by atoms with Crippen LogP contribution in [0.4, 0.5) is 0 Å². The second kappa shape index (κ2) is 14.8. The van der Waals surface area contributed by atoms with E-state index in [-0.39, 0.29) is 0 Å². The highest BCUT2D eigenvalue weighted by Crippen LogP contribution is 2.40. The van der Waals surface area contributed by atoms with Gasteiger partial charge in [-0.05, 0) is 116 Å². The van der Waals surface area contributed by atoms with Crippen LogP contribution in [-0.2, 0) is 0 Å². The molecule has 2 aromatic heterocycles. The van der Waals surface area contributed by atoms with Crippen molar-refractivity contribution in [2.75, 3.05) is 0 Å². The van der Waals surface area contributed by atoms with Crippen LogP contribution in [0.25, 0.3) is 109 Å². The third-order valence-electron chi connectivity index (χ3n) is 11.2. The number of hydrogen-bond acceptors (Lipinski definition) is 3. The van der Waals surface area contributed by atoms with E-state index in [9.17, 15) is 0 Å². The van der Waals surface area contributed by atoms with Gasteiger partial charge in [0.15, 0.2) is 5.82 Å². The molecule has 0 saturated heterocycles. The van der Waals surface area contributed by atoms with E-state index < -0.39 is 0 Å². The fourth-order valence-corrected chi connectivity index (χ4v) is 9.30. The summed E-state index contributed by atoms with van der Waals surface area (Å²) < 4.78 is 2.60. The van der Waals surface area contributed by atoms with E-state index in [1.807, 2.05) is 29.5 Å². The van der Waals surface area contributed by atoms with Gasteiger partial charge in [-0.15, -0.1) is 11.3 Å². The van der Waals surface area contributed by atoms with Gasteiger partial charge in [-0.2, -0.15) is 0 Å². The average molecular weight is 769 g/mol. The van der Waals surface area contributed by atoms with Gasteiger partial charge in [-0.3, -0.25) is 0 Å². The second-order valence-electron chi connectivity index (χ2n) is 15.0. The summed E-state index contributed by atoms with van der Waals surface area (Å²) in [6.45, 7) is 0. The zero-order valence-electron chi connectivity index (χ0n) is 32.1. The highest BCUT2D eigenvalue weighted by Gasteiger charge is 2.16. The van der Waals surface area contributed by atoms with Crippen molar-refractivity contribution in [2.45, 2.75) is 0 Å². The number of nitrogens with zero attached hydrogens (tertiary/aromatic N) is 2.